The second-order valence-corrected chi connectivity index (χ2v) is 9.09. The van der Waals surface area contributed by atoms with Crippen LogP contribution in [0.1, 0.15) is 48.1 Å². The van der Waals surface area contributed by atoms with Gasteiger partial charge in [-0.2, -0.15) is 10.2 Å². The van der Waals surface area contributed by atoms with Crippen LogP contribution in [0.3, 0.4) is 0 Å². The lowest BCUT2D eigenvalue weighted by molar-refractivity contribution is 0.0731. The van der Waals surface area contributed by atoms with Gasteiger partial charge >= 0.3 is 0 Å². The first-order valence-corrected chi connectivity index (χ1v) is 10.6. The van der Waals surface area contributed by atoms with Crippen molar-refractivity contribution >= 4 is 16.8 Å². The quantitative estimate of drug-likeness (QED) is 0.499. The standard InChI is InChI=1S/C24H26N6O/c1-16-19(14-25-29(16)22-10-9-17-7-5-6-8-20(17)27-22)23(31)28-12-11-21-18(15-28)13-26-30(21)24(2,3)4/h5-10,13-14H,11-12,15H2,1-4H3. The molecule has 1 aliphatic heterocycles. The molecule has 0 N–H and O–H groups in total. The minimum Gasteiger partial charge on any atom is -0.334 e. The SMILES string of the molecule is Cc1c(C(=O)N2CCc3c(cnn3C(C)(C)C)C2)cnn1-c1ccc2ccccc2n1. The Bertz CT molecular complexity index is 1290. The number of para-hydroxylation sites is 1. The highest BCUT2D eigenvalue weighted by Crippen LogP contribution is 2.26. The van der Waals surface area contributed by atoms with E-state index in [0.29, 0.717) is 24.5 Å². The van der Waals surface area contributed by atoms with Gasteiger partial charge in [-0.05, 0) is 45.9 Å². The predicted octanol–water partition coefficient (Wildman–Crippen LogP) is 3.88. The molecule has 0 saturated carbocycles. The summed E-state index contributed by atoms with van der Waals surface area (Å²) >= 11 is 0. The molecule has 158 valence electrons. The van der Waals surface area contributed by atoms with E-state index in [-0.39, 0.29) is 11.4 Å². The van der Waals surface area contributed by atoms with Crippen LogP contribution in [0.15, 0.2) is 48.8 Å². The average molecular weight is 415 g/mol. The van der Waals surface area contributed by atoms with Crippen LogP contribution >= 0.6 is 0 Å². The van der Waals surface area contributed by atoms with E-state index in [0.717, 1.165) is 28.6 Å². The van der Waals surface area contributed by atoms with Crippen LogP contribution in [0, 0.1) is 6.92 Å². The third-order valence-electron chi connectivity index (χ3n) is 5.90. The maximum absolute atomic E-state index is 13.3. The van der Waals surface area contributed by atoms with E-state index < -0.39 is 0 Å². The van der Waals surface area contributed by atoms with Crippen LogP contribution in [0.5, 0.6) is 0 Å². The van der Waals surface area contributed by atoms with Gasteiger partial charge in [-0.3, -0.25) is 9.48 Å². The molecule has 0 radical (unpaired) electrons. The average Bonchev–Trinajstić information content (AvgIpc) is 3.36. The van der Waals surface area contributed by atoms with Gasteiger partial charge in [-0.15, -0.1) is 0 Å². The number of benzene rings is 1. The number of hydrogen-bond acceptors (Lipinski definition) is 4. The molecule has 4 aromatic rings. The summed E-state index contributed by atoms with van der Waals surface area (Å²) < 4.78 is 3.82. The lowest BCUT2D eigenvalue weighted by atomic mass is 10.0. The summed E-state index contributed by atoms with van der Waals surface area (Å²) in [6.45, 7) is 9.61. The van der Waals surface area contributed by atoms with Crippen LogP contribution in [0.4, 0.5) is 0 Å². The molecule has 4 heterocycles. The van der Waals surface area contributed by atoms with Crippen molar-refractivity contribution in [2.24, 2.45) is 0 Å². The van der Waals surface area contributed by atoms with Gasteiger partial charge in [-0.1, -0.05) is 18.2 Å². The molecule has 1 amide bonds. The highest BCUT2D eigenvalue weighted by atomic mass is 16.2. The topological polar surface area (TPSA) is 68.8 Å². The van der Waals surface area contributed by atoms with Crippen LogP contribution < -0.4 is 0 Å². The van der Waals surface area contributed by atoms with Crippen molar-refractivity contribution in [3.8, 4) is 5.82 Å². The zero-order chi connectivity index (χ0) is 21.8. The smallest absolute Gasteiger partial charge is 0.257 e. The minimum atomic E-state index is -0.0651. The number of rotatable bonds is 2. The van der Waals surface area contributed by atoms with Gasteiger partial charge in [0.25, 0.3) is 5.91 Å². The Morgan fingerprint density at radius 3 is 2.65 bits per heavy atom. The fourth-order valence-corrected chi connectivity index (χ4v) is 4.28. The first-order chi connectivity index (χ1) is 14.8. The van der Waals surface area contributed by atoms with Gasteiger partial charge < -0.3 is 4.90 Å². The summed E-state index contributed by atoms with van der Waals surface area (Å²) in [5, 5.41) is 10.1. The molecule has 7 heteroatoms. The van der Waals surface area contributed by atoms with Crippen molar-refractivity contribution in [1.82, 2.24) is 29.4 Å². The Kier molecular flexibility index (Phi) is 4.43. The largest absolute Gasteiger partial charge is 0.334 e. The van der Waals surface area contributed by atoms with Crippen molar-refractivity contribution in [3.05, 3.63) is 71.3 Å². The molecule has 3 aromatic heterocycles. The molecule has 0 saturated heterocycles. The molecule has 0 aliphatic carbocycles. The summed E-state index contributed by atoms with van der Waals surface area (Å²) in [5.41, 5.74) is 4.59. The Balaban J connectivity index is 1.42. The van der Waals surface area contributed by atoms with Gasteiger partial charge in [0, 0.05) is 36.2 Å². The van der Waals surface area contributed by atoms with Crippen LogP contribution in [0.2, 0.25) is 0 Å². The zero-order valence-electron chi connectivity index (χ0n) is 18.3. The lowest BCUT2D eigenvalue weighted by Gasteiger charge is -2.30. The predicted molar refractivity (Wildman–Crippen MR) is 119 cm³/mol. The Labute approximate surface area is 181 Å². The molecular weight excluding hydrogens is 388 g/mol. The van der Waals surface area contributed by atoms with Crippen LogP contribution in [-0.4, -0.2) is 41.9 Å². The number of hydrogen-bond donors (Lipinski definition) is 0. The Morgan fingerprint density at radius 1 is 1.03 bits per heavy atom. The molecular formula is C24H26N6O. The van der Waals surface area contributed by atoms with Crippen molar-refractivity contribution in [2.45, 2.75) is 46.2 Å². The number of pyridine rings is 1. The fourth-order valence-electron chi connectivity index (χ4n) is 4.28. The van der Waals surface area contributed by atoms with Crippen LogP contribution in [0.25, 0.3) is 16.7 Å². The molecule has 0 fully saturated rings. The highest BCUT2D eigenvalue weighted by Gasteiger charge is 2.29. The Morgan fingerprint density at radius 2 is 1.84 bits per heavy atom. The van der Waals surface area contributed by atoms with Gasteiger partial charge in [0.15, 0.2) is 5.82 Å². The second-order valence-electron chi connectivity index (χ2n) is 9.09. The van der Waals surface area contributed by atoms with Crippen LogP contribution in [-0.2, 0) is 18.5 Å². The lowest BCUT2D eigenvalue weighted by Crippen LogP contribution is -2.37. The maximum Gasteiger partial charge on any atom is 0.257 e. The van der Waals surface area contributed by atoms with Crippen molar-refractivity contribution in [2.75, 3.05) is 6.54 Å². The molecule has 7 nitrogen and oxygen atoms in total. The molecule has 0 atom stereocenters. The number of fused-ring (bicyclic) bond motifs is 2. The number of carbonyl (C=O) groups excluding carboxylic acids is 1. The van der Waals surface area contributed by atoms with E-state index >= 15 is 0 Å². The van der Waals surface area contributed by atoms with Crippen molar-refractivity contribution in [3.63, 3.8) is 0 Å². The highest BCUT2D eigenvalue weighted by molar-refractivity contribution is 5.95. The molecule has 1 aromatic carbocycles. The Hall–Kier alpha value is -3.48. The summed E-state index contributed by atoms with van der Waals surface area (Å²) in [4.78, 5) is 19.9. The normalized spacial score (nSPS) is 14.1. The third kappa shape index (κ3) is 3.30. The fraction of sp³-hybridized carbons (Fsp3) is 0.333. The zero-order valence-corrected chi connectivity index (χ0v) is 18.3. The van der Waals surface area contributed by atoms with E-state index in [1.54, 1.807) is 10.9 Å². The molecule has 31 heavy (non-hydrogen) atoms. The van der Waals surface area contributed by atoms with Gasteiger partial charge in [0.1, 0.15) is 0 Å². The monoisotopic (exact) mass is 414 g/mol. The van der Waals surface area contributed by atoms with E-state index in [1.807, 2.05) is 54.4 Å². The number of carbonyl (C=O) groups is 1. The molecule has 0 spiro atoms. The van der Waals surface area contributed by atoms with Crippen molar-refractivity contribution < 1.29 is 4.79 Å². The molecule has 0 unspecified atom stereocenters. The van der Waals surface area contributed by atoms with E-state index in [9.17, 15) is 4.79 Å². The number of nitrogens with zero attached hydrogens (tertiary/aromatic N) is 6. The second kappa shape index (κ2) is 7.04. The first kappa shape index (κ1) is 19.5. The van der Waals surface area contributed by atoms with E-state index in [2.05, 4.69) is 35.7 Å². The summed E-state index contributed by atoms with van der Waals surface area (Å²) in [7, 11) is 0. The molecule has 1 aliphatic rings. The maximum atomic E-state index is 13.3. The summed E-state index contributed by atoms with van der Waals surface area (Å²) in [6, 6.07) is 11.9. The summed E-state index contributed by atoms with van der Waals surface area (Å²) in [6.07, 6.45) is 4.36. The third-order valence-corrected chi connectivity index (χ3v) is 5.90. The van der Waals surface area contributed by atoms with E-state index in [4.69, 9.17) is 4.98 Å². The molecule has 0 bridgehead atoms. The first-order valence-electron chi connectivity index (χ1n) is 10.6. The minimum absolute atomic E-state index is 0.00121. The van der Waals surface area contributed by atoms with Gasteiger partial charge in [-0.25, -0.2) is 9.67 Å². The number of aromatic nitrogens is 5. The number of amides is 1. The summed E-state index contributed by atoms with van der Waals surface area (Å²) in [5.74, 6) is 0.710. The van der Waals surface area contributed by atoms with E-state index in [1.165, 1.54) is 5.69 Å². The van der Waals surface area contributed by atoms with Crippen molar-refractivity contribution in [1.29, 1.82) is 0 Å². The van der Waals surface area contributed by atoms with Gasteiger partial charge in [0.2, 0.25) is 0 Å². The van der Waals surface area contributed by atoms with Gasteiger partial charge in [0.05, 0.1) is 34.7 Å². The molecule has 5 rings (SSSR count).